The first-order valence-electron chi connectivity index (χ1n) is 4.01. The fourth-order valence-electron chi connectivity index (χ4n) is 0.994. The highest BCUT2D eigenvalue weighted by atomic mass is 16.2. The summed E-state index contributed by atoms with van der Waals surface area (Å²) < 4.78 is 0. The van der Waals surface area contributed by atoms with Gasteiger partial charge < -0.3 is 5.32 Å². The monoisotopic (exact) mass is 183 g/mol. The molecule has 0 spiro atoms. The number of nitrogens with one attached hydrogen (secondary N) is 1. The van der Waals surface area contributed by atoms with Crippen LogP contribution < -0.4 is 5.32 Å². The Hall–Kier alpha value is -1.29. The highest BCUT2D eigenvalue weighted by molar-refractivity contribution is 5.74. The van der Waals surface area contributed by atoms with E-state index in [0.717, 1.165) is 0 Å². The highest BCUT2D eigenvalue weighted by Crippen LogP contribution is 2.04. The lowest BCUT2D eigenvalue weighted by Crippen LogP contribution is -2.50. The van der Waals surface area contributed by atoms with Crippen molar-refractivity contribution in [3.63, 3.8) is 0 Å². The van der Waals surface area contributed by atoms with Crippen LogP contribution in [0.3, 0.4) is 0 Å². The Morgan fingerprint density at radius 1 is 1.38 bits per heavy atom. The SMILES string of the molecule is C=CC(C=C)N(C(=O)NC)N(C)C. The van der Waals surface area contributed by atoms with Gasteiger partial charge in [0.2, 0.25) is 0 Å². The summed E-state index contributed by atoms with van der Waals surface area (Å²) in [6.07, 6.45) is 3.31. The minimum Gasteiger partial charge on any atom is -0.340 e. The molecule has 74 valence electrons. The van der Waals surface area contributed by atoms with E-state index >= 15 is 0 Å². The third-order valence-electron chi connectivity index (χ3n) is 1.62. The fraction of sp³-hybridized carbons (Fsp3) is 0.444. The molecule has 0 aliphatic carbocycles. The van der Waals surface area contributed by atoms with E-state index in [1.807, 2.05) is 0 Å². The average molecular weight is 183 g/mol. The molecule has 0 radical (unpaired) electrons. The molecular weight excluding hydrogens is 166 g/mol. The zero-order chi connectivity index (χ0) is 10.4. The van der Waals surface area contributed by atoms with E-state index in [4.69, 9.17) is 0 Å². The van der Waals surface area contributed by atoms with Crippen molar-refractivity contribution in [3.8, 4) is 0 Å². The summed E-state index contributed by atoms with van der Waals surface area (Å²) in [6.45, 7) is 7.26. The molecule has 0 aromatic heterocycles. The number of hydrazine groups is 1. The lowest BCUT2D eigenvalue weighted by molar-refractivity contribution is 0.0548. The Labute approximate surface area is 79.5 Å². The van der Waals surface area contributed by atoms with Crippen LogP contribution in [0.5, 0.6) is 0 Å². The van der Waals surface area contributed by atoms with Crippen LogP contribution in [0.25, 0.3) is 0 Å². The van der Waals surface area contributed by atoms with Gasteiger partial charge in [-0.05, 0) is 0 Å². The molecule has 4 nitrogen and oxygen atoms in total. The molecule has 0 saturated heterocycles. The average Bonchev–Trinajstić information content (AvgIpc) is 2.12. The van der Waals surface area contributed by atoms with Gasteiger partial charge in [-0.3, -0.25) is 0 Å². The minimum atomic E-state index is -0.185. The van der Waals surface area contributed by atoms with Gasteiger partial charge in [-0.1, -0.05) is 12.2 Å². The third-order valence-corrected chi connectivity index (χ3v) is 1.62. The van der Waals surface area contributed by atoms with Crippen LogP contribution in [0.4, 0.5) is 4.79 Å². The Morgan fingerprint density at radius 2 is 1.85 bits per heavy atom. The van der Waals surface area contributed by atoms with Gasteiger partial charge in [-0.25, -0.2) is 14.8 Å². The summed E-state index contributed by atoms with van der Waals surface area (Å²) in [5.74, 6) is 0. The van der Waals surface area contributed by atoms with Crippen LogP contribution in [-0.4, -0.2) is 43.2 Å². The number of hydrogen-bond donors (Lipinski definition) is 1. The summed E-state index contributed by atoms with van der Waals surface area (Å²) in [4.78, 5) is 11.4. The van der Waals surface area contributed by atoms with Crippen molar-refractivity contribution >= 4 is 6.03 Å². The van der Waals surface area contributed by atoms with E-state index in [0.29, 0.717) is 0 Å². The molecule has 0 saturated carbocycles. The Balaban J connectivity index is 4.66. The van der Waals surface area contributed by atoms with Crippen molar-refractivity contribution < 1.29 is 4.79 Å². The van der Waals surface area contributed by atoms with Gasteiger partial charge in [0.1, 0.15) is 0 Å². The van der Waals surface area contributed by atoms with Crippen molar-refractivity contribution in [2.24, 2.45) is 0 Å². The topological polar surface area (TPSA) is 35.6 Å². The van der Waals surface area contributed by atoms with Gasteiger partial charge in [-0.2, -0.15) is 0 Å². The standard InChI is InChI=1S/C9H17N3O/c1-6-8(7-2)12(11(4)5)9(13)10-3/h6-8H,1-2H2,3-5H3,(H,10,13). The maximum Gasteiger partial charge on any atom is 0.332 e. The first kappa shape index (κ1) is 11.7. The molecule has 2 amide bonds. The molecular formula is C9H17N3O. The van der Waals surface area contributed by atoms with E-state index in [-0.39, 0.29) is 12.1 Å². The van der Waals surface area contributed by atoms with Crippen molar-refractivity contribution in [2.45, 2.75) is 6.04 Å². The van der Waals surface area contributed by atoms with Crippen molar-refractivity contribution in [1.82, 2.24) is 15.3 Å². The second-order valence-corrected chi connectivity index (χ2v) is 2.71. The van der Waals surface area contributed by atoms with Gasteiger partial charge in [-0.15, -0.1) is 13.2 Å². The van der Waals surface area contributed by atoms with E-state index in [9.17, 15) is 4.79 Å². The molecule has 4 heteroatoms. The molecule has 0 aromatic rings. The third kappa shape index (κ3) is 2.91. The molecule has 0 rings (SSSR count). The molecule has 0 bridgehead atoms. The van der Waals surface area contributed by atoms with Crippen molar-refractivity contribution in [3.05, 3.63) is 25.3 Å². The van der Waals surface area contributed by atoms with Crippen LogP contribution >= 0.6 is 0 Å². The van der Waals surface area contributed by atoms with Crippen LogP contribution in [0.2, 0.25) is 0 Å². The number of carbonyl (C=O) groups excluding carboxylic acids is 1. The second-order valence-electron chi connectivity index (χ2n) is 2.71. The van der Waals surface area contributed by atoms with Gasteiger partial charge in [0.05, 0.1) is 6.04 Å². The normalized spacial score (nSPS) is 9.92. The molecule has 0 aliphatic heterocycles. The first-order chi connectivity index (χ1) is 6.08. The summed E-state index contributed by atoms with van der Waals surface area (Å²) in [7, 11) is 5.16. The molecule has 13 heavy (non-hydrogen) atoms. The van der Waals surface area contributed by atoms with Gasteiger partial charge in [0.25, 0.3) is 0 Å². The van der Waals surface area contributed by atoms with E-state index < -0.39 is 0 Å². The molecule has 1 N–H and O–H groups in total. The van der Waals surface area contributed by atoms with Crippen LogP contribution in [-0.2, 0) is 0 Å². The number of amides is 2. The number of carbonyl (C=O) groups is 1. The zero-order valence-corrected chi connectivity index (χ0v) is 8.45. The molecule has 0 heterocycles. The van der Waals surface area contributed by atoms with Crippen LogP contribution in [0, 0.1) is 0 Å². The smallest absolute Gasteiger partial charge is 0.332 e. The second kappa shape index (κ2) is 5.37. The molecule has 0 aliphatic rings. The lowest BCUT2D eigenvalue weighted by atomic mass is 10.3. The van der Waals surface area contributed by atoms with Crippen LogP contribution in [0.1, 0.15) is 0 Å². The predicted molar refractivity (Wildman–Crippen MR) is 54.2 cm³/mol. The zero-order valence-electron chi connectivity index (χ0n) is 8.45. The minimum absolute atomic E-state index is 0.185. The summed E-state index contributed by atoms with van der Waals surface area (Å²) >= 11 is 0. The predicted octanol–water partition coefficient (Wildman–Crippen LogP) is 0.845. The van der Waals surface area contributed by atoms with Gasteiger partial charge in [0, 0.05) is 21.1 Å². The van der Waals surface area contributed by atoms with Gasteiger partial charge in [0.15, 0.2) is 0 Å². The Kier molecular flexibility index (Phi) is 4.84. The maximum absolute atomic E-state index is 11.4. The van der Waals surface area contributed by atoms with E-state index in [2.05, 4.69) is 18.5 Å². The molecule has 0 atom stereocenters. The molecule has 0 unspecified atom stereocenters. The summed E-state index contributed by atoms with van der Waals surface area (Å²) in [5, 5.41) is 5.75. The number of urea groups is 1. The fourth-order valence-corrected chi connectivity index (χ4v) is 0.994. The molecule has 0 fully saturated rings. The highest BCUT2D eigenvalue weighted by Gasteiger charge is 2.19. The van der Waals surface area contributed by atoms with E-state index in [1.165, 1.54) is 5.01 Å². The number of hydrogen-bond acceptors (Lipinski definition) is 2. The van der Waals surface area contributed by atoms with E-state index in [1.54, 1.807) is 38.3 Å². The Bertz CT molecular complexity index is 193. The molecule has 0 aromatic carbocycles. The van der Waals surface area contributed by atoms with Crippen molar-refractivity contribution in [2.75, 3.05) is 21.1 Å². The summed E-state index contributed by atoms with van der Waals surface area (Å²) in [6, 6.07) is -0.371. The van der Waals surface area contributed by atoms with Crippen molar-refractivity contribution in [1.29, 1.82) is 0 Å². The largest absolute Gasteiger partial charge is 0.340 e. The quantitative estimate of drug-likeness (QED) is 0.518. The number of rotatable bonds is 4. The van der Waals surface area contributed by atoms with Gasteiger partial charge >= 0.3 is 6.03 Å². The summed E-state index contributed by atoms with van der Waals surface area (Å²) in [5.41, 5.74) is 0. The number of nitrogens with zero attached hydrogens (tertiary/aromatic N) is 2. The first-order valence-corrected chi connectivity index (χ1v) is 4.01. The Morgan fingerprint density at radius 3 is 2.08 bits per heavy atom. The van der Waals surface area contributed by atoms with Crippen LogP contribution in [0.15, 0.2) is 25.3 Å². The maximum atomic E-state index is 11.4. The lowest BCUT2D eigenvalue weighted by Gasteiger charge is -2.32.